The smallest absolute Gasteiger partial charge is 0.314 e. The van der Waals surface area contributed by atoms with Crippen LogP contribution in [0, 0.1) is 13.8 Å². The molecule has 0 aliphatic rings. The van der Waals surface area contributed by atoms with Crippen LogP contribution < -0.4 is 10.6 Å². The number of hydrogen-bond donors (Lipinski definition) is 2. The van der Waals surface area contributed by atoms with Crippen molar-refractivity contribution in [1.82, 2.24) is 25.2 Å². The molecule has 5 aromatic rings. The van der Waals surface area contributed by atoms with E-state index in [9.17, 15) is 4.79 Å². The first-order valence-electron chi connectivity index (χ1n) is 13.0. The lowest BCUT2D eigenvalue weighted by molar-refractivity contribution is 0.242. The molecule has 3 aromatic carbocycles. The molecule has 0 aliphatic heterocycles. The molecule has 0 atom stereocenters. The maximum Gasteiger partial charge on any atom is 0.314 e. The molecule has 0 bridgehead atoms. The summed E-state index contributed by atoms with van der Waals surface area (Å²) in [6.45, 7) is 7.42. The van der Waals surface area contributed by atoms with Gasteiger partial charge in [0.15, 0.2) is 5.65 Å². The Balaban J connectivity index is 1.49. The number of benzene rings is 3. The Hall–Kier alpha value is -4.45. The number of carbonyl (C=O) groups excluding carboxylic acids is 1. The summed E-state index contributed by atoms with van der Waals surface area (Å²) in [6.07, 6.45) is 0.848. The monoisotopic (exact) mass is 503 g/mol. The van der Waals surface area contributed by atoms with Gasteiger partial charge in [-0.3, -0.25) is 0 Å². The van der Waals surface area contributed by atoms with E-state index in [4.69, 9.17) is 9.97 Å². The van der Waals surface area contributed by atoms with E-state index in [-0.39, 0.29) is 6.03 Å². The van der Waals surface area contributed by atoms with E-state index >= 15 is 0 Å². The number of urea groups is 1. The maximum atomic E-state index is 11.9. The normalized spacial score (nSPS) is 11.1. The minimum Gasteiger partial charge on any atom is -0.341 e. The SMILES string of the molecule is CCc1nc2c(C)cc(C)nc2n1Cc1ccc(-c2cc(-c3ccccc3)ccc2CNC(=O)NC)cc1. The highest BCUT2D eigenvalue weighted by molar-refractivity contribution is 5.78. The summed E-state index contributed by atoms with van der Waals surface area (Å²) < 4.78 is 2.24. The lowest BCUT2D eigenvalue weighted by atomic mass is 9.94. The zero-order chi connectivity index (χ0) is 26.6. The molecular weight excluding hydrogens is 470 g/mol. The number of amides is 2. The highest BCUT2D eigenvalue weighted by atomic mass is 16.2. The molecule has 192 valence electrons. The van der Waals surface area contributed by atoms with Crippen LogP contribution >= 0.6 is 0 Å². The van der Waals surface area contributed by atoms with Crippen LogP contribution in [0.25, 0.3) is 33.4 Å². The van der Waals surface area contributed by atoms with Gasteiger partial charge in [0, 0.05) is 25.7 Å². The van der Waals surface area contributed by atoms with Gasteiger partial charge in [-0.15, -0.1) is 0 Å². The first-order valence-corrected chi connectivity index (χ1v) is 13.0. The van der Waals surface area contributed by atoms with Crippen LogP contribution in [0.4, 0.5) is 4.79 Å². The fraction of sp³-hybridized carbons (Fsp3) is 0.219. The van der Waals surface area contributed by atoms with Gasteiger partial charge in [-0.05, 0) is 64.9 Å². The number of fused-ring (bicyclic) bond motifs is 1. The van der Waals surface area contributed by atoms with E-state index in [1.54, 1.807) is 7.05 Å². The quantitative estimate of drug-likeness (QED) is 0.269. The van der Waals surface area contributed by atoms with Crippen molar-refractivity contribution < 1.29 is 4.79 Å². The first kappa shape index (κ1) is 25.2. The predicted octanol–water partition coefficient (Wildman–Crippen LogP) is 6.42. The molecule has 2 N–H and O–H groups in total. The third-order valence-electron chi connectivity index (χ3n) is 6.91. The Morgan fingerprint density at radius 3 is 2.32 bits per heavy atom. The molecule has 0 fully saturated rings. The van der Waals surface area contributed by atoms with Crippen molar-refractivity contribution in [2.45, 2.75) is 40.3 Å². The fourth-order valence-electron chi connectivity index (χ4n) is 4.93. The van der Waals surface area contributed by atoms with Gasteiger partial charge in [-0.25, -0.2) is 14.8 Å². The average molecular weight is 504 g/mol. The Bertz CT molecular complexity index is 1590. The van der Waals surface area contributed by atoms with Crippen molar-refractivity contribution in [3.8, 4) is 22.3 Å². The summed E-state index contributed by atoms with van der Waals surface area (Å²) in [5.41, 5.74) is 10.9. The standard InChI is InChI=1S/C32H33N5O/c1-5-29-36-30-21(2)17-22(3)35-31(30)37(29)20-23-11-13-25(14-12-23)28-18-26(24-9-7-6-8-10-24)15-16-27(28)19-34-32(38)33-4/h6-18H,5,19-20H2,1-4H3,(H2,33,34,38). The third kappa shape index (κ3) is 5.16. The van der Waals surface area contributed by atoms with Crippen LogP contribution in [-0.2, 0) is 19.5 Å². The lowest BCUT2D eigenvalue weighted by Gasteiger charge is -2.14. The molecule has 0 radical (unpaired) electrons. The van der Waals surface area contributed by atoms with Crippen LogP contribution in [0.1, 0.15) is 35.1 Å². The molecule has 6 heteroatoms. The Kier molecular flexibility index (Phi) is 7.22. The lowest BCUT2D eigenvalue weighted by Crippen LogP contribution is -2.32. The van der Waals surface area contributed by atoms with Crippen molar-refractivity contribution in [3.63, 3.8) is 0 Å². The van der Waals surface area contributed by atoms with Crippen molar-refractivity contribution in [2.24, 2.45) is 0 Å². The van der Waals surface area contributed by atoms with Crippen molar-refractivity contribution in [3.05, 3.63) is 107 Å². The number of nitrogens with one attached hydrogen (secondary N) is 2. The Morgan fingerprint density at radius 1 is 0.868 bits per heavy atom. The van der Waals surface area contributed by atoms with Gasteiger partial charge in [0.2, 0.25) is 0 Å². The van der Waals surface area contributed by atoms with Gasteiger partial charge in [0.1, 0.15) is 11.3 Å². The van der Waals surface area contributed by atoms with Crippen molar-refractivity contribution >= 4 is 17.2 Å². The first-order chi connectivity index (χ1) is 18.5. The zero-order valence-corrected chi connectivity index (χ0v) is 22.4. The molecule has 0 aliphatic carbocycles. The molecule has 6 nitrogen and oxygen atoms in total. The number of hydrogen-bond acceptors (Lipinski definition) is 3. The third-order valence-corrected chi connectivity index (χ3v) is 6.91. The van der Waals surface area contributed by atoms with Gasteiger partial charge in [-0.1, -0.05) is 73.7 Å². The van der Waals surface area contributed by atoms with Gasteiger partial charge in [0.05, 0.1) is 6.54 Å². The van der Waals surface area contributed by atoms with E-state index in [0.717, 1.165) is 62.5 Å². The molecular formula is C32H33N5O. The summed E-state index contributed by atoms with van der Waals surface area (Å²) in [6, 6.07) is 27.3. The minimum atomic E-state index is -0.197. The van der Waals surface area contributed by atoms with Crippen LogP contribution in [-0.4, -0.2) is 27.6 Å². The highest BCUT2D eigenvalue weighted by Crippen LogP contribution is 2.30. The second-order valence-electron chi connectivity index (χ2n) is 9.59. The summed E-state index contributed by atoms with van der Waals surface area (Å²) in [4.78, 5) is 21.6. The molecule has 2 amide bonds. The number of imidazole rings is 1. The largest absolute Gasteiger partial charge is 0.341 e. The van der Waals surface area contributed by atoms with E-state index in [2.05, 4.69) is 89.7 Å². The summed E-state index contributed by atoms with van der Waals surface area (Å²) >= 11 is 0. The van der Waals surface area contributed by atoms with Crippen LogP contribution in [0.5, 0.6) is 0 Å². The Labute approximate surface area is 223 Å². The fourth-order valence-corrected chi connectivity index (χ4v) is 4.93. The van der Waals surface area contributed by atoms with Gasteiger partial charge in [0.25, 0.3) is 0 Å². The molecule has 2 heterocycles. The average Bonchev–Trinajstić information content (AvgIpc) is 3.30. The molecule has 2 aromatic heterocycles. The van der Waals surface area contributed by atoms with E-state index < -0.39 is 0 Å². The van der Waals surface area contributed by atoms with Gasteiger partial charge < -0.3 is 15.2 Å². The van der Waals surface area contributed by atoms with Crippen molar-refractivity contribution in [1.29, 1.82) is 0 Å². The van der Waals surface area contributed by atoms with Gasteiger partial charge in [-0.2, -0.15) is 0 Å². The number of carbonyl (C=O) groups is 1. The maximum absolute atomic E-state index is 11.9. The number of nitrogens with zero attached hydrogens (tertiary/aromatic N) is 3. The summed E-state index contributed by atoms with van der Waals surface area (Å²) in [7, 11) is 1.62. The topological polar surface area (TPSA) is 71.8 Å². The molecule has 38 heavy (non-hydrogen) atoms. The number of aromatic nitrogens is 3. The van der Waals surface area contributed by atoms with Crippen LogP contribution in [0.15, 0.2) is 78.9 Å². The number of aryl methyl sites for hydroxylation is 3. The molecule has 0 spiro atoms. The van der Waals surface area contributed by atoms with E-state index in [1.807, 2.05) is 25.1 Å². The number of rotatable bonds is 7. The molecule has 0 saturated heterocycles. The molecule has 0 unspecified atom stereocenters. The van der Waals surface area contributed by atoms with Crippen LogP contribution in [0.3, 0.4) is 0 Å². The second-order valence-corrected chi connectivity index (χ2v) is 9.59. The van der Waals surface area contributed by atoms with Gasteiger partial charge >= 0.3 is 6.03 Å². The van der Waals surface area contributed by atoms with Crippen LogP contribution in [0.2, 0.25) is 0 Å². The summed E-state index contributed by atoms with van der Waals surface area (Å²) in [5, 5.41) is 5.56. The highest BCUT2D eigenvalue weighted by Gasteiger charge is 2.14. The number of pyridine rings is 1. The second kappa shape index (κ2) is 10.9. The van der Waals surface area contributed by atoms with E-state index in [1.165, 1.54) is 5.56 Å². The van der Waals surface area contributed by atoms with E-state index in [0.29, 0.717) is 13.1 Å². The molecule has 0 saturated carbocycles. The van der Waals surface area contributed by atoms with Crippen molar-refractivity contribution in [2.75, 3.05) is 7.05 Å². The summed E-state index contributed by atoms with van der Waals surface area (Å²) in [5.74, 6) is 1.04. The minimum absolute atomic E-state index is 0.197. The predicted molar refractivity (Wildman–Crippen MR) is 154 cm³/mol. The zero-order valence-electron chi connectivity index (χ0n) is 22.4. The molecule has 5 rings (SSSR count). The Morgan fingerprint density at radius 2 is 1.61 bits per heavy atom.